The Morgan fingerprint density at radius 3 is 2.15 bits per heavy atom. The molecule has 1 N–H and O–H groups in total. The summed E-state index contributed by atoms with van der Waals surface area (Å²) >= 11 is 6.20. The molecule has 0 aliphatic rings. The predicted octanol–water partition coefficient (Wildman–Crippen LogP) is 5.06. The Hall–Kier alpha value is -4.21. The number of likely N-dealkylation sites (N-methyl/N-ethyl adjacent to an activating group) is 1. The van der Waals surface area contributed by atoms with Crippen molar-refractivity contribution >= 4 is 39.1 Å². The molecule has 0 spiro atoms. The number of anilines is 1. The first-order chi connectivity index (χ1) is 19.7. The second-order valence-electron chi connectivity index (χ2n) is 9.24. The summed E-state index contributed by atoms with van der Waals surface area (Å²) in [5, 5.41) is 2.87. The van der Waals surface area contributed by atoms with Crippen LogP contribution in [-0.4, -0.2) is 44.8 Å². The second kappa shape index (κ2) is 13.4. The minimum absolute atomic E-state index is 0.0273. The van der Waals surface area contributed by atoms with E-state index in [1.807, 2.05) is 30.3 Å². The van der Waals surface area contributed by atoms with E-state index in [1.165, 1.54) is 54.4 Å². The van der Waals surface area contributed by atoms with Crippen LogP contribution in [0.3, 0.4) is 0 Å². The van der Waals surface area contributed by atoms with Gasteiger partial charge in [0.05, 0.1) is 10.6 Å². The van der Waals surface area contributed by atoms with Crippen LogP contribution >= 0.6 is 11.6 Å². The van der Waals surface area contributed by atoms with Crippen LogP contribution in [-0.2, 0) is 32.6 Å². The average Bonchev–Trinajstić information content (AvgIpc) is 2.99. The van der Waals surface area contributed by atoms with Crippen LogP contribution in [0.15, 0.2) is 114 Å². The molecule has 0 fully saturated rings. The molecular formula is C31H29ClFN3O4S. The van der Waals surface area contributed by atoms with E-state index in [4.69, 9.17) is 11.6 Å². The summed E-state index contributed by atoms with van der Waals surface area (Å²) in [5.41, 5.74) is 1.12. The fraction of sp³-hybridized carbons (Fsp3) is 0.161. The molecule has 0 bridgehead atoms. The van der Waals surface area contributed by atoms with Gasteiger partial charge in [0.2, 0.25) is 11.8 Å². The Bertz CT molecular complexity index is 1600. The Kier molecular flexibility index (Phi) is 9.75. The molecule has 0 heterocycles. The monoisotopic (exact) mass is 593 g/mol. The van der Waals surface area contributed by atoms with Gasteiger partial charge in [-0.25, -0.2) is 12.8 Å². The van der Waals surface area contributed by atoms with E-state index in [0.29, 0.717) is 0 Å². The number of amides is 2. The Balaban J connectivity index is 1.79. The minimum Gasteiger partial charge on any atom is -0.357 e. The molecular weight excluding hydrogens is 565 g/mol. The van der Waals surface area contributed by atoms with E-state index in [9.17, 15) is 22.4 Å². The van der Waals surface area contributed by atoms with Crippen molar-refractivity contribution in [1.82, 2.24) is 10.2 Å². The van der Waals surface area contributed by atoms with Gasteiger partial charge in [-0.1, -0.05) is 84.4 Å². The van der Waals surface area contributed by atoms with Crippen LogP contribution in [0.4, 0.5) is 10.1 Å². The number of hydrogen-bond donors (Lipinski definition) is 1. The summed E-state index contributed by atoms with van der Waals surface area (Å²) in [6, 6.07) is 27.8. The van der Waals surface area contributed by atoms with Crippen molar-refractivity contribution in [2.45, 2.75) is 23.9 Å². The van der Waals surface area contributed by atoms with E-state index < -0.39 is 40.2 Å². The number of nitrogens with zero attached hydrogens (tertiary/aromatic N) is 2. The fourth-order valence-corrected chi connectivity index (χ4v) is 6.02. The zero-order chi connectivity index (χ0) is 29.4. The summed E-state index contributed by atoms with van der Waals surface area (Å²) < 4.78 is 43.4. The molecule has 0 aliphatic carbocycles. The third-order valence-electron chi connectivity index (χ3n) is 6.52. The number of benzene rings is 4. The number of sulfonamides is 1. The first-order valence-corrected chi connectivity index (χ1v) is 14.6. The standard InChI is InChI=1S/C31H29ClFN3O4S/c1-34-31(38)29(19-23-11-4-2-5-12-23)35(21-24-13-8-9-18-28(24)33)30(37)22-36(26-15-10-14-25(32)20-26)41(39,40)27-16-6-3-7-17-27/h2-18,20,29H,19,21-22H2,1H3,(H,34,38)/t29-/m0/s1. The molecule has 212 valence electrons. The minimum atomic E-state index is -4.24. The first-order valence-electron chi connectivity index (χ1n) is 12.8. The summed E-state index contributed by atoms with van der Waals surface area (Å²) in [6.45, 7) is -0.917. The second-order valence-corrected chi connectivity index (χ2v) is 11.5. The molecule has 2 amide bonds. The van der Waals surface area contributed by atoms with Crippen molar-refractivity contribution in [3.63, 3.8) is 0 Å². The number of hydrogen-bond acceptors (Lipinski definition) is 4. The molecule has 4 rings (SSSR count). The number of carbonyl (C=O) groups excluding carboxylic acids is 2. The van der Waals surface area contributed by atoms with E-state index >= 15 is 0 Å². The van der Waals surface area contributed by atoms with Gasteiger partial charge in [0.1, 0.15) is 18.4 Å². The predicted molar refractivity (Wildman–Crippen MR) is 157 cm³/mol. The third kappa shape index (κ3) is 7.31. The van der Waals surface area contributed by atoms with Crippen LogP contribution < -0.4 is 9.62 Å². The lowest BCUT2D eigenvalue weighted by Crippen LogP contribution is -2.53. The van der Waals surface area contributed by atoms with Crippen molar-refractivity contribution in [1.29, 1.82) is 0 Å². The lowest BCUT2D eigenvalue weighted by Gasteiger charge is -2.33. The molecule has 0 unspecified atom stereocenters. The highest BCUT2D eigenvalue weighted by Gasteiger charge is 2.34. The summed E-state index contributed by atoms with van der Waals surface area (Å²) in [7, 11) is -2.79. The molecule has 4 aromatic rings. The molecule has 0 aromatic heterocycles. The fourth-order valence-electron chi connectivity index (χ4n) is 4.41. The molecule has 1 atom stereocenters. The highest BCUT2D eigenvalue weighted by atomic mass is 35.5. The lowest BCUT2D eigenvalue weighted by molar-refractivity contribution is -0.139. The number of nitrogens with one attached hydrogen (secondary N) is 1. The molecule has 0 aliphatic heterocycles. The van der Waals surface area contributed by atoms with Crippen molar-refractivity contribution in [2.75, 3.05) is 17.9 Å². The Morgan fingerprint density at radius 2 is 1.51 bits per heavy atom. The van der Waals surface area contributed by atoms with Gasteiger partial charge in [-0.15, -0.1) is 0 Å². The van der Waals surface area contributed by atoms with Gasteiger partial charge in [-0.2, -0.15) is 0 Å². The molecule has 4 aromatic carbocycles. The maximum Gasteiger partial charge on any atom is 0.264 e. The van der Waals surface area contributed by atoms with E-state index in [2.05, 4.69) is 5.32 Å². The Morgan fingerprint density at radius 1 is 0.878 bits per heavy atom. The summed E-state index contributed by atoms with van der Waals surface area (Å²) in [5.74, 6) is -1.72. The van der Waals surface area contributed by atoms with Gasteiger partial charge < -0.3 is 10.2 Å². The maximum absolute atomic E-state index is 14.8. The van der Waals surface area contributed by atoms with Crippen molar-refractivity contribution < 1.29 is 22.4 Å². The van der Waals surface area contributed by atoms with Crippen LogP contribution in [0.25, 0.3) is 0 Å². The zero-order valence-corrected chi connectivity index (χ0v) is 23.9. The van der Waals surface area contributed by atoms with Crippen LogP contribution in [0.2, 0.25) is 5.02 Å². The maximum atomic E-state index is 14.8. The molecule has 10 heteroatoms. The molecule has 0 saturated heterocycles. The van der Waals surface area contributed by atoms with E-state index in [1.54, 1.807) is 36.4 Å². The van der Waals surface area contributed by atoms with Gasteiger partial charge in [0.15, 0.2) is 0 Å². The first kappa shape index (κ1) is 29.8. The topological polar surface area (TPSA) is 86.8 Å². The lowest BCUT2D eigenvalue weighted by atomic mass is 10.0. The van der Waals surface area contributed by atoms with Crippen molar-refractivity contribution in [2.24, 2.45) is 0 Å². The summed E-state index contributed by atoms with van der Waals surface area (Å²) in [4.78, 5) is 28.5. The van der Waals surface area contributed by atoms with Gasteiger partial charge >= 0.3 is 0 Å². The number of halogens is 2. The SMILES string of the molecule is CNC(=O)[C@H](Cc1ccccc1)N(Cc1ccccc1F)C(=O)CN(c1cccc(Cl)c1)S(=O)(=O)c1ccccc1. The number of carbonyl (C=O) groups is 2. The van der Waals surface area contributed by atoms with Gasteiger partial charge in [-0.05, 0) is 42.0 Å². The Labute approximate surface area is 244 Å². The molecule has 41 heavy (non-hydrogen) atoms. The molecule has 7 nitrogen and oxygen atoms in total. The van der Waals surface area contributed by atoms with E-state index in [0.717, 1.165) is 9.87 Å². The van der Waals surface area contributed by atoms with Crippen LogP contribution in [0.5, 0.6) is 0 Å². The van der Waals surface area contributed by atoms with Gasteiger partial charge in [0.25, 0.3) is 10.0 Å². The summed E-state index contributed by atoms with van der Waals surface area (Å²) in [6.07, 6.45) is 0.128. The highest BCUT2D eigenvalue weighted by Crippen LogP contribution is 2.27. The third-order valence-corrected chi connectivity index (χ3v) is 8.55. The van der Waals surface area contributed by atoms with Crippen LogP contribution in [0.1, 0.15) is 11.1 Å². The molecule has 0 saturated carbocycles. The smallest absolute Gasteiger partial charge is 0.264 e. The van der Waals surface area contributed by atoms with Crippen LogP contribution in [0, 0.1) is 5.82 Å². The normalized spacial score (nSPS) is 11.9. The van der Waals surface area contributed by atoms with Gasteiger partial charge in [0, 0.05) is 30.6 Å². The largest absolute Gasteiger partial charge is 0.357 e. The quantitative estimate of drug-likeness (QED) is 0.263. The highest BCUT2D eigenvalue weighted by molar-refractivity contribution is 7.92. The van der Waals surface area contributed by atoms with Crippen molar-refractivity contribution in [3.05, 3.63) is 131 Å². The molecule has 0 radical (unpaired) electrons. The van der Waals surface area contributed by atoms with E-state index in [-0.39, 0.29) is 34.1 Å². The number of rotatable bonds is 11. The van der Waals surface area contributed by atoms with Crippen molar-refractivity contribution in [3.8, 4) is 0 Å². The average molecular weight is 594 g/mol. The zero-order valence-electron chi connectivity index (χ0n) is 22.3. The van der Waals surface area contributed by atoms with Gasteiger partial charge in [-0.3, -0.25) is 13.9 Å².